The summed E-state index contributed by atoms with van der Waals surface area (Å²) < 4.78 is 24.1. The monoisotopic (exact) mass is 750 g/mol. The van der Waals surface area contributed by atoms with E-state index in [4.69, 9.17) is 18.6 Å². The van der Waals surface area contributed by atoms with Gasteiger partial charge < -0.3 is 38.9 Å². The normalized spacial score (nSPS) is 13.1. The molecule has 55 heavy (non-hydrogen) atoms. The number of carbonyl (C=O) groups is 2. The van der Waals surface area contributed by atoms with Crippen molar-refractivity contribution in [3.63, 3.8) is 0 Å². The number of anilines is 2. The quantitative estimate of drug-likeness (QED) is 0.0874. The van der Waals surface area contributed by atoms with Gasteiger partial charge in [0.1, 0.15) is 42.8 Å². The summed E-state index contributed by atoms with van der Waals surface area (Å²) in [5.74, 6) is 1.57. The summed E-state index contributed by atoms with van der Waals surface area (Å²) in [4.78, 5) is 30.4. The highest BCUT2D eigenvalue weighted by Gasteiger charge is 2.19. The molecule has 2 aliphatic heterocycles. The molecule has 1 fully saturated rings. The van der Waals surface area contributed by atoms with E-state index in [1.54, 1.807) is 7.05 Å². The summed E-state index contributed by atoms with van der Waals surface area (Å²) in [6.07, 6.45) is 3.33. The molecule has 0 atom stereocenters. The van der Waals surface area contributed by atoms with Gasteiger partial charge in [-0.1, -0.05) is 31.5 Å². The van der Waals surface area contributed by atoms with Crippen molar-refractivity contribution < 1.29 is 33.3 Å². The van der Waals surface area contributed by atoms with Gasteiger partial charge in [0.25, 0.3) is 0 Å². The standard InChI is InChI=1S/C39H45N3O5.C5H9NO2/c1-7-10-27-12-13-28(39-31-16-14-29(40-4)24-36(31)47-37-25-30(41(5)6)15-17-32(37)39)23-35(27)46-20-19-45-34-18-11-26(22-38(43)44)21-33(34)42(8-2)9-3;7-5-2-1-3-8-4-6-5/h11-18,21,23-25H,7-10,19-20,22H2,1-6H3,(H,43,44);1-4H2,(H,6,7). The Labute approximate surface area is 323 Å². The Morgan fingerprint density at radius 3 is 2.42 bits per heavy atom. The van der Waals surface area contributed by atoms with Crippen LogP contribution in [-0.4, -0.2) is 77.8 Å². The molecule has 292 valence electrons. The van der Waals surface area contributed by atoms with Crippen molar-refractivity contribution in [2.75, 3.05) is 70.6 Å². The van der Waals surface area contributed by atoms with Crippen molar-refractivity contribution >= 4 is 34.2 Å². The second-order valence-corrected chi connectivity index (χ2v) is 13.5. The van der Waals surface area contributed by atoms with E-state index in [-0.39, 0.29) is 12.3 Å². The van der Waals surface area contributed by atoms with Crippen LogP contribution in [-0.2, 0) is 27.2 Å². The largest absolute Gasteiger partial charge is 0.490 e. The van der Waals surface area contributed by atoms with Gasteiger partial charge in [0.15, 0.2) is 0 Å². The van der Waals surface area contributed by atoms with Crippen LogP contribution in [0.1, 0.15) is 51.2 Å². The topological polar surface area (TPSA) is 126 Å². The Morgan fingerprint density at radius 2 is 1.71 bits per heavy atom. The predicted octanol–water partition coefficient (Wildman–Crippen LogP) is 7.56. The first-order valence-electron chi connectivity index (χ1n) is 19.1. The van der Waals surface area contributed by atoms with Crippen LogP contribution in [0.2, 0.25) is 0 Å². The van der Waals surface area contributed by atoms with Crippen LogP contribution in [0.25, 0.3) is 33.4 Å². The Bertz CT molecular complexity index is 2090. The summed E-state index contributed by atoms with van der Waals surface area (Å²) in [6, 6.07) is 24.5. The van der Waals surface area contributed by atoms with Crippen LogP contribution in [0.4, 0.5) is 11.4 Å². The lowest BCUT2D eigenvalue weighted by atomic mass is 9.92. The maximum Gasteiger partial charge on any atom is 0.307 e. The van der Waals surface area contributed by atoms with Gasteiger partial charge in [0.05, 0.1) is 17.5 Å². The molecule has 0 bridgehead atoms. The number of amides is 1. The highest BCUT2D eigenvalue weighted by molar-refractivity contribution is 6.02. The first-order chi connectivity index (χ1) is 26.6. The maximum absolute atomic E-state index is 11.3. The van der Waals surface area contributed by atoms with Gasteiger partial charge in [-0.2, -0.15) is 0 Å². The second-order valence-electron chi connectivity index (χ2n) is 13.5. The van der Waals surface area contributed by atoms with Gasteiger partial charge in [-0.25, -0.2) is 0 Å². The van der Waals surface area contributed by atoms with Gasteiger partial charge in [0.2, 0.25) is 5.91 Å². The number of aryl methyl sites for hydroxylation is 1. The number of ether oxygens (including phenoxy) is 3. The van der Waals surface area contributed by atoms with E-state index in [0.717, 1.165) is 105 Å². The fourth-order valence-electron chi connectivity index (χ4n) is 6.63. The molecule has 2 heterocycles. The summed E-state index contributed by atoms with van der Waals surface area (Å²) in [7, 11) is 5.83. The number of nitrogens with zero attached hydrogens (tertiary/aromatic N) is 3. The van der Waals surface area contributed by atoms with Crippen molar-refractivity contribution in [3.8, 4) is 33.9 Å². The molecule has 3 aromatic rings. The highest BCUT2D eigenvalue weighted by atomic mass is 16.5. The summed E-state index contributed by atoms with van der Waals surface area (Å²) >= 11 is 0. The molecule has 2 N–H and O–H groups in total. The number of rotatable bonds is 14. The fourth-order valence-corrected chi connectivity index (χ4v) is 6.63. The van der Waals surface area contributed by atoms with Crippen molar-refractivity contribution in [1.29, 1.82) is 0 Å². The van der Waals surface area contributed by atoms with Crippen molar-refractivity contribution in [2.45, 2.75) is 52.9 Å². The van der Waals surface area contributed by atoms with Crippen LogP contribution in [0.15, 0.2) is 82.2 Å². The Kier molecular flexibility index (Phi) is 14.5. The number of carbonyl (C=O) groups excluding carboxylic acids is 1. The maximum atomic E-state index is 11.3. The zero-order valence-corrected chi connectivity index (χ0v) is 32.9. The number of hydrogen-bond acceptors (Lipinski definition) is 9. The van der Waals surface area contributed by atoms with Gasteiger partial charge in [-0.15, -0.1) is 0 Å². The molecule has 1 amide bonds. The number of aliphatic carboxylic acids is 1. The van der Waals surface area contributed by atoms with Crippen LogP contribution in [0, 0.1) is 0 Å². The second kappa shape index (κ2) is 19.7. The van der Waals surface area contributed by atoms with Gasteiger partial charge in [-0.3, -0.25) is 14.6 Å². The first kappa shape index (κ1) is 40.6. The lowest BCUT2D eigenvalue weighted by molar-refractivity contribution is -0.136. The summed E-state index contributed by atoms with van der Waals surface area (Å²) in [5.41, 5.74) is 7.80. The third kappa shape index (κ3) is 10.6. The van der Waals surface area contributed by atoms with Gasteiger partial charge >= 0.3 is 5.97 Å². The Hall–Kier alpha value is -5.55. The average molecular weight is 751 g/mol. The van der Waals surface area contributed by atoms with Crippen molar-refractivity contribution in [1.82, 2.24) is 5.32 Å². The molecule has 0 spiro atoms. The average Bonchev–Trinajstić information content (AvgIpc) is 3.44. The fraction of sp³-hybridized carbons (Fsp3) is 0.386. The van der Waals surface area contributed by atoms with Gasteiger partial charge in [0, 0.05) is 81.6 Å². The molecule has 1 aliphatic carbocycles. The summed E-state index contributed by atoms with van der Waals surface area (Å²) in [6.45, 7) is 9.69. The van der Waals surface area contributed by atoms with E-state index >= 15 is 0 Å². The zero-order valence-electron chi connectivity index (χ0n) is 32.9. The molecule has 0 unspecified atom stereocenters. The number of carboxylic acid groups (broad SMARTS) is 1. The zero-order chi connectivity index (χ0) is 39.3. The Morgan fingerprint density at radius 1 is 0.927 bits per heavy atom. The number of nitrogens with one attached hydrogen (secondary N) is 1. The molecule has 0 aromatic heterocycles. The molecule has 3 aliphatic rings. The van der Waals surface area contributed by atoms with Crippen LogP contribution in [0.3, 0.4) is 0 Å². The molecular formula is C44H54N4O7. The number of benzene rings is 4. The molecule has 11 heteroatoms. The van der Waals surface area contributed by atoms with Crippen LogP contribution < -0.4 is 29.9 Å². The Balaban J connectivity index is 0.000000644. The third-order valence-electron chi connectivity index (χ3n) is 9.48. The van der Waals surface area contributed by atoms with Gasteiger partial charge in [-0.05, 0) is 85.8 Å². The molecule has 11 nitrogen and oxygen atoms in total. The lowest BCUT2D eigenvalue weighted by Crippen LogP contribution is -2.23. The van der Waals surface area contributed by atoms with Crippen LogP contribution in [0.5, 0.6) is 11.5 Å². The van der Waals surface area contributed by atoms with E-state index in [1.165, 1.54) is 0 Å². The summed E-state index contributed by atoms with van der Waals surface area (Å²) in [5, 5.41) is 13.8. The van der Waals surface area contributed by atoms with E-state index in [1.807, 2.05) is 44.4 Å². The highest BCUT2D eigenvalue weighted by Crippen LogP contribution is 2.42. The molecule has 6 rings (SSSR count). The minimum Gasteiger partial charge on any atom is -0.490 e. The van der Waals surface area contributed by atoms with Crippen molar-refractivity contribution in [3.05, 3.63) is 89.3 Å². The smallest absolute Gasteiger partial charge is 0.307 e. The molecule has 1 saturated heterocycles. The van der Waals surface area contributed by atoms with E-state index in [2.05, 4.69) is 83.3 Å². The molecule has 0 radical (unpaired) electrons. The predicted molar refractivity (Wildman–Crippen MR) is 219 cm³/mol. The lowest BCUT2D eigenvalue weighted by Gasteiger charge is -2.25. The number of fused-ring (bicyclic) bond motifs is 2. The minimum absolute atomic E-state index is 0.0276. The molecular weight excluding hydrogens is 697 g/mol. The minimum atomic E-state index is -0.854. The number of carboxylic acids is 1. The number of hydrogen-bond donors (Lipinski definition) is 2. The van der Waals surface area contributed by atoms with E-state index in [9.17, 15) is 14.7 Å². The molecule has 3 aromatic carbocycles. The third-order valence-corrected chi connectivity index (χ3v) is 9.48. The van der Waals surface area contributed by atoms with E-state index < -0.39 is 5.97 Å². The van der Waals surface area contributed by atoms with Crippen molar-refractivity contribution in [2.24, 2.45) is 4.99 Å². The molecule has 0 saturated carbocycles. The SMILES string of the molecule is CCCc1ccc(-c2c3ccc(=NC)cc-3oc3cc(N(C)C)ccc23)cc1OCCOc1ccc(CC(=O)O)cc1N(CC)CC.O=C1CCCOCN1. The first-order valence-corrected chi connectivity index (χ1v) is 19.1. The van der Waals surface area contributed by atoms with Crippen LogP contribution >= 0.6 is 0 Å². The van der Waals surface area contributed by atoms with E-state index in [0.29, 0.717) is 33.0 Å².